The smallest absolute Gasteiger partial charge is 0.261 e. The van der Waals surface area contributed by atoms with Crippen LogP contribution < -0.4 is 24.2 Å². The van der Waals surface area contributed by atoms with E-state index in [9.17, 15) is 8.42 Å². The first-order chi connectivity index (χ1) is 19.5. The van der Waals surface area contributed by atoms with Gasteiger partial charge in [0.25, 0.3) is 10.0 Å². The summed E-state index contributed by atoms with van der Waals surface area (Å²) in [6, 6.07) is 27.4. The molecule has 0 spiro atoms. The quantitative estimate of drug-likeness (QED) is 0.226. The van der Waals surface area contributed by atoms with E-state index in [-0.39, 0.29) is 22.8 Å². The van der Waals surface area contributed by atoms with E-state index >= 15 is 0 Å². The van der Waals surface area contributed by atoms with Crippen molar-refractivity contribution < 1.29 is 22.6 Å². The Morgan fingerprint density at radius 1 is 0.825 bits per heavy atom. The van der Waals surface area contributed by atoms with Crippen molar-refractivity contribution in [3.05, 3.63) is 114 Å². The second-order valence-corrected chi connectivity index (χ2v) is 11.5. The number of ether oxygens (including phenoxy) is 3. The summed E-state index contributed by atoms with van der Waals surface area (Å²) in [5.74, 6) is 3.00. The third kappa shape index (κ3) is 4.86. The molecule has 0 unspecified atom stereocenters. The summed E-state index contributed by atoms with van der Waals surface area (Å²) in [5.41, 5.74) is 3.35. The predicted molar refractivity (Wildman–Crippen MR) is 156 cm³/mol. The molecule has 1 aliphatic heterocycles. The fraction of sp³-hybridized carbons (Fsp3) is 0.188. The van der Waals surface area contributed by atoms with Crippen LogP contribution in [0.5, 0.6) is 23.0 Å². The Kier molecular flexibility index (Phi) is 6.86. The topological polar surface area (TPSA) is 85.9 Å². The lowest BCUT2D eigenvalue weighted by Gasteiger charge is -2.38. The Labute approximate surface area is 234 Å². The molecule has 204 valence electrons. The van der Waals surface area contributed by atoms with E-state index in [1.807, 2.05) is 48.5 Å². The first-order valence-corrected chi connectivity index (χ1v) is 14.6. The van der Waals surface area contributed by atoms with Gasteiger partial charge in [0.15, 0.2) is 11.5 Å². The molecule has 3 atom stereocenters. The highest BCUT2D eigenvalue weighted by atomic mass is 32.2. The molecule has 0 bridgehead atoms. The van der Waals surface area contributed by atoms with Crippen LogP contribution in [0.15, 0.2) is 108 Å². The number of anilines is 2. The van der Waals surface area contributed by atoms with Crippen LogP contribution in [0, 0.1) is 5.92 Å². The minimum atomic E-state index is -3.81. The van der Waals surface area contributed by atoms with Gasteiger partial charge in [-0.2, -0.15) is 0 Å². The normalized spacial score (nSPS) is 19.2. The number of benzene rings is 4. The van der Waals surface area contributed by atoms with E-state index < -0.39 is 10.0 Å². The standard InChI is InChI=1S/C32H30N2O5S/c1-37-30-13-7-12-27(32(30)38-2)31-26-11-6-10-25(26)28-20-24(18-19-29(28)33-31)40(35,36)34-21-14-16-23(17-15-21)39-22-8-4-3-5-9-22/h3-10,12-20,25-26,31,33-34H,11H2,1-2H3/t25-,26+,31-/m0/s1. The molecule has 6 rings (SSSR count). The van der Waals surface area contributed by atoms with Gasteiger partial charge < -0.3 is 19.5 Å². The Balaban J connectivity index is 1.25. The van der Waals surface area contributed by atoms with Crippen LogP contribution in [0.2, 0.25) is 0 Å². The molecule has 40 heavy (non-hydrogen) atoms. The zero-order valence-electron chi connectivity index (χ0n) is 22.2. The molecule has 1 heterocycles. The molecule has 0 amide bonds. The van der Waals surface area contributed by atoms with Gasteiger partial charge in [-0.25, -0.2) is 8.42 Å². The second kappa shape index (κ2) is 10.6. The highest BCUT2D eigenvalue weighted by molar-refractivity contribution is 7.92. The second-order valence-electron chi connectivity index (χ2n) is 9.85. The summed E-state index contributed by atoms with van der Waals surface area (Å²) in [7, 11) is -0.530. The number of rotatable bonds is 8. The monoisotopic (exact) mass is 554 g/mol. The fourth-order valence-corrected chi connectivity index (χ4v) is 6.73. The number of para-hydroxylation sites is 2. The van der Waals surface area contributed by atoms with Crippen molar-refractivity contribution in [3.8, 4) is 23.0 Å². The molecule has 4 aromatic carbocycles. The summed E-state index contributed by atoms with van der Waals surface area (Å²) in [6.45, 7) is 0. The van der Waals surface area contributed by atoms with Crippen molar-refractivity contribution in [1.82, 2.24) is 0 Å². The van der Waals surface area contributed by atoms with Crippen molar-refractivity contribution >= 4 is 21.4 Å². The minimum absolute atomic E-state index is 0.0187. The summed E-state index contributed by atoms with van der Waals surface area (Å²) < 4.78 is 46.6. The molecule has 0 saturated heterocycles. The van der Waals surface area contributed by atoms with E-state index in [1.165, 1.54) is 0 Å². The van der Waals surface area contributed by atoms with Gasteiger partial charge in [0.1, 0.15) is 11.5 Å². The van der Waals surface area contributed by atoms with E-state index in [0.29, 0.717) is 28.7 Å². The zero-order chi connectivity index (χ0) is 27.7. The largest absolute Gasteiger partial charge is 0.493 e. The highest BCUT2D eigenvalue weighted by Crippen LogP contribution is 2.52. The molecular weight excluding hydrogens is 524 g/mol. The zero-order valence-corrected chi connectivity index (χ0v) is 23.0. The maximum Gasteiger partial charge on any atom is 0.261 e. The third-order valence-electron chi connectivity index (χ3n) is 7.50. The van der Waals surface area contributed by atoms with Gasteiger partial charge in [0.05, 0.1) is 25.2 Å². The van der Waals surface area contributed by atoms with E-state index in [1.54, 1.807) is 50.6 Å². The predicted octanol–water partition coefficient (Wildman–Crippen LogP) is 7.12. The Bertz CT molecular complexity index is 1650. The summed E-state index contributed by atoms with van der Waals surface area (Å²) >= 11 is 0. The number of allylic oxidation sites excluding steroid dienone is 2. The van der Waals surface area contributed by atoms with Crippen molar-refractivity contribution in [1.29, 1.82) is 0 Å². The lowest BCUT2D eigenvalue weighted by atomic mass is 9.77. The molecule has 2 aliphatic rings. The number of nitrogens with one attached hydrogen (secondary N) is 2. The Morgan fingerprint density at radius 2 is 1.60 bits per heavy atom. The maximum atomic E-state index is 13.4. The number of methoxy groups -OCH3 is 2. The number of hydrogen-bond acceptors (Lipinski definition) is 6. The fourth-order valence-electron chi connectivity index (χ4n) is 5.63. The van der Waals surface area contributed by atoms with Crippen molar-refractivity contribution in [3.63, 3.8) is 0 Å². The van der Waals surface area contributed by atoms with Crippen molar-refractivity contribution in [2.24, 2.45) is 5.92 Å². The lowest BCUT2D eigenvalue weighted by molar-refractivity contribution is 0.341. The molecule has 1 aliphatic carbocycles. The van der Waals surface area contributed by atoms with Crippen LogP contribution in [0.25, 0.3) is 0 Å². The van der Waals surface area contributed by atoms with Crippen LogP contribution in [0.3, 0.4) is 0 Å². The van der Waals surface area contributed by atoms with Crippen LogP contribution in [-0.4, -0.2) is 22.6 Å². The van der Waals surface area contributed by atoms with Crippen LogP contribution in [0.1, 0.15) is 29.5 Å². The molecule has 7 nitrogen and oxygen atoms in total. The lowest BCUT2D eigenvalue weighted by Crippen LogP contribution is -2.29. The van der Waals surface area contributed by atoms with Gasteiger partial charge in [-0.3, -0.25) is 4.72 Å². The van der Waals surface area contributed by atoms with Crippen LogP contribution in [-0.2, 0) is 10.0 Å². The van der Waals surface area contributed by atoms with Crippen molar-refractivity contribution in [2.75, 3.05) is 24.3 Å². The highest BCUT2D eigenvalue weighted by Gasteiger charge is 2.40. The van der Waals surface area contributed by atoms with E-state index in [2.05, 4.69) is 28.3 Å². The number of hydrogen-bond donors (Lipinski definition) is 2. The molecular formula is C32H30N2O5S. The molecule has 0 saturated carbocycles. The first-order valence-electron chi connectivity index (χ1n) is 13.1. The number of sulfonamides is 1. The van der Waals surface area contributed by atoms with Gasteiger partial charge in [0, 0.05) is 22.9 Å². The summed E-state index contributed by atoms with van der Waals surface area (Å²) in [6.07, 6.45) is 5.22. The van der Waals surface area contributed by atoms with Crippen LogP contribution in [0.4, 0.5) is 11.4 Å². The summed E-state index contributed by atoms with van der Waals surface area (Å²) in [4.78, 5) is 0.217. The van der Waals surface area contributed by atoms with Crippen molar-refractivity contribution in [2.45, 2.75) is 23.3 Å². The minimum Gasteiger partial charge on any atom is -0.493 e. The average Bonchev–Trinajstić information content (AvgIpc) is 3.48. The SMILES string of the molecule is COc1cccc([C@H]2Nc3ccc(S(=O)(=O)Nc4ccc(Oc5ccccc5)cc4)cc3[C@H]3C=CC[C@H]32)c1OC. The first kappa shape index (κ1) is 25.8. The van der Waals surface area contributed by atoms with E-state index in [0.717, 1.165) is 23.2 Å². The van der Waals surface area contributed by atoms with Gasteiger partial charge in [-0.1, -0.05) is 42.5 Å². The average molecular weight is 555 g/mol. The maximum absolute atomic E-state index is 13.4. The molecule has 4 aromatic rings. The van der Waals surface area contributed by atoms with Gasteiger partial charge in [-0.15, -0.1) is 0 Å². The molecule has 2 N–H and O–H groups in total. The Hall–Kier alpha value is -4.43. The molecule has 0 radical (unpaired) electrons. The van der Waals surface area contributed by atoms with E-state index in [4.69, 9.17) is 14.2 Å². The third-order valence-corrected chi connectivity index (χ3v) is 8.88. The number of fused-ring (bicyclic) bond motifs is 3. The molecule has 0 fully saturated rings. The van der Waals surface area contributed by atoms with Gasteiger partial charge in [-0.05, 0) is 78.6 Å². The summed E-state index contributed by atoms with van der Waals surface area (Å²) in [5, 5.41) is 3.66. The molecule has 8 heteroatoms. The van der Waals surface area contributed by atoms with Gasteiger partial charge >= 0.3 is 0 Å². The molecule has 0 aromatic heterocycles. The van der Waals surface area contributed by atoms with Crippen LogP contribution >= 0.6 is 0 Å². The van der Waals surface area contributed by atoms with Gasteiger partial charge in [0.2, 0.25) is 0 Å². The Morgan fingerprint density at radius 3 is 2.35 bits per heavy atom.